The molecule has 0 radical (unpaired) electrons. The molecule has 1 saturated carbocycles. The van der Waals surface area contributed by atoms with E-state index in [2.05, 4.69) is 11.2 Å². The summed E-state index contributed by atoms with van der Waals surface area (Å²) in [6, 6.07) is 18.1. The number of carbonyl (C=O) groups is 1. The van der Waals surface area contributed by atoms with Gasteiger partial charge in [0.1, 0.15) is 5.75 Å². The lowest BCUT2D eigenvalue weighted by atomic mass is 10.0. The summed E-state index contributed by atoms with van der Waals surface area (Å²) >= 11 is 6.15. The Bertz CT molecular complexity index is 1380. The molecule has 2 heterocycles. The summed E-state index contributed by atoms with van der Waals surface area (Å²) in [5.41, 5.74) is 5.76. The van der Waals surface area contributed by atoms with Crippen molar-refractivity contribution in [3.63, 3.8) is 0 Å². The Kier molecular flexibility index (Phi) is 6.48. The van der Waals surface area contributed by atoms with E-state index in [0.717, 1.165) is 57.7 Å². The first-order valence-corrected chi connectivity index (χ1v) is 12.3. The number of halogens is 1. The van der Waals surface area contributed by atoms with Crippen LogP contribution in [0, 0.1) is 13.8 Å². The molecule has 0 N–H and O–H groups in total. The van der Waals surface area contributed by atoms with Gasteiger partial charge >= 0.3 is 0 Å². The third kappa shape index (κ3) is 5.17. The van der Waals surface area contributed by atoms with E-state index in [1.165, 1.54) is 0 Å². The van der Waals surface area contributed by atoms with Crippen LogP contribution in [0.25, 0.3) is 22.2 Å². The highest BCUT2D eigenvalue weighted by atomic mass is 35.5. The smallest absolute Gasteiger partial charge is 0.224 e. The number of carbonyl (C=O) groups excluding carboxylic acids is 1. The van der Waals surface area contributed by atoms with Crippen molar-refractivity contribution in [3.05, 3.63) is 76.6 Å². The molecular weight excluding hydrogens is 460 g/mol. The summed E-state index contributed by atoms with van der Waals surface area (Å²) in [4.78, 5) is 20.4. The zero-order valence-electron chi connectivity index (χ0n) is 20.3. The molecule has 7 heteroatoms. The van der Waals surface area contributed by atoms with Gasteiger partial charge < -0.3 is 9.64 Å². The minimum atomic E-state index is 0.150. The van der Waals surface area contributed by atoms with Gasteiger partial charge in [-0.15, -0.1) is 0 Å². The number of hydrogen-bond acceptors (Lipinski definition) is 4. The van der Waals surface area contributed by atoms with E-state index in [0.29, 0.717) is 24.5 Å². The Hall–Kier alpha value is -3.38. The van der Waals surface area contributed by atoms with E-state index in [9.17, 15) is 4.79 Å². The zero-order chi connectivity index (χ0) is 24.5. The molecule has 6 nitrogen and oxygen atoms in total. The van der Waals surface area contributed by atoms with Gasteiger partial charge in [-0.3, -0.25) is 9.48 Å². The van der Waals surface area contributed by atoms with E-state index < -0.39 is 0 Å². The Balaban J connectivity index is 1.47. The first kappa shape index (κ1) is 23.4. The number of ether oxygens (including phenoxy) is 1. The Morgan fingerprint density at radius 2 is 1.89 bits per heavy atom. The molecule has 180 valence electrons. The molecule has 35 heavy (non-hydrogen) atoms. The fourth-order valence-electron chi connectivity index (χ4n) is 4.53. The van der Waals surface area contributed by atoms with Crippen LogP contribution in [0.5, 0.6) is 5.75 Å². The third-order valence-electron chi connectivity index (χ3n) is 6.51. The van der Waals surface area contributed by atoms with Crippen LogP contribution in [-0.2, 0) is 17.9 Å². The average molecular weight is 489 g/mol. The van der Waals surface area contributed by atoms with Crippen molar-refractivity contribution >= 4 is 28.4 Å². The number of nitrogens with zero attached hydrogens (tertiary/aromatic N) is 4. The van der Waals surface area contributed by atoms with Crippen molar-refractivity contribution in [2.75, 3.05) is 7.11 Å². The second-order valence-corrected chi connectivity index (χ2v) is 9.65. The van der Waals surface area contributed by atoms with Crippen LogP contribution in [0.3, 0.4) is 0 Å². The molecule has 1 aliphatic rings. The van der Waals surface area contributed by atoms with Crippen molar-refractivity contribution in [3.8, 4) is 17.0 Å². The predicted molar refractivity (Wildman–Crippen MR) is 139 cm³/mol. The summed E-state index contributed by atoms with van der Waals surface area (Å²) in [6.07, 6.45) is 2.51. The standard InChI is InChI=1S/C28H29ClN4O2/c1-18-14-19(2)33(31-18)13-12-27(34)32(24-9-10-24)17-22-15-21-6-11-25(35-3)16-26(21)30-28(22)20-4-7-23(29)8-5-20/h4-8,11,14-16,24H,9-10,12-13,17H2,1-3H3. The second kappa shape index (κ2) is 9.70. The number of fused-ring (bicyclic) bond motifs is 1. The van der Waals surface area contributed by atoms with Crippen LogP contribution >= 0.6 is 11.6 Å². The van der Waals surface area contributed by atoms with Gasteiger partial charge in [-0.1, -0.05) is 23.7 Å². The Labute approximate surface area is 210 Å². The van der Waals surface area contributed by atoms with E-state index in [-0.39, 0.29) is 11.9 Å². The van der Waals surface area contributed by atoms with Crippen molar-refractivity contribution in [1.29, 1.82) is 0 Å². The zero-order valence-corrected chi connectivity index (χ0v) is 21.0. The van der Waals surface area contributed by atoms with Gasteiger partial charge in [0.25, 0.3) is 0 Å². The third-order valence-corrected chi connectivity index (χ3v) is 6.76. The fourth-order valence-corrected chi connectivity index (χ4v) is 4.66. The molecule has 0 aliphatic heterocycles. The molecule has 1 aliphatic carbocycles. The lowest BCUT2D eigenvalue weighted by molar-refractivity contribution is -0.132. The van der Waals surface area contributed by atoms with Crippen LogP contribution in [0.2, 0.25) is 5.02 Å². The fraction of sp³-hybridized carbons (Fsp3) is 0.321. The topological polar surface area (TPSA) is 60.2 Å². The van der Waals surface area contributed by atoms with Gasteiger partial charge in [-0.25, -0.2) is 4.98 Å². The van der Waals surface area contributed by atoms with Crippen LogP contribution in [0.1, 0.15) is 36.2 Å². The molecule has 0 bridgehead atoms. The van der Waals surface area contributed by atoms with Crippen LogP contribution in [0.15, 0.2) is 54.6 Å². The molecule has 4 aromatic rings. The summed E-state index contributed by atoms with van der Waals surface area (Å²) in [5, 5.41) is 6.21. The highest BCUT2D eigenvalue weighted by Crippen LogP contribution is 2.33. The number of hydrogen-bond donors (Lipinski definition) is 0. The van der Waals surface area contributed by atoms with Crippen LogP contribution in [0.4, 0.5) is 0 Å². The highest BCUT2D eigenvalue weighted by Gasteiger charge is 2.33. The molecule has 0 unspecified atom stereocenters. The molecule has 2 aromatic carbocycles. The second-order valence-electron chi connectivity index (χ2n) is 9.21. The molecule has 1 fully saturated rings. The van der Waals surface area contributed by atoms with Crippen molar-refractivity contribution < 1.29 is 9.53 Å². The number of aromatic nitrogens is 3. The first-order chi connectivity index (χ1) is 16.9. The van der Waals surface area contributed by atoms with Gasteiger partial charge in [0.15, 0.2) is 0 Å². The largest absolute Gasteiger partial charge is 0.497 e. The van der Waals surface area contributed by atoms with Crippen LogP contribution < -0.4 is 4.74 Å². The summed E-state index contributed by atoms with van der Waals surface area (Å²) in [7, 11) is 1.65. The number of pyridine rings is 1. The van der Waals surface area contributed by atoms with Crippen molar-refractivity contribution in [2.45, 2.75) is 52.2 Å². The highest BCUT2D eigenvalue weighted by molar-refractivity contribution is 6.30. The number of amides is 1. The van der Waals surface area contributed by atoms with Gasteiger partial charge in [0, 0.05) is 53.3 Å². The number of aryl methyl sites for hydroxylation is 3. The maximum Gasteiger partial charge on any atom is 0.224 e. The molecule has 2 aromatic heterocycles. The van der Waals surface area contributed by atoms with Gasteiger partial charge in [0.2, 0.25) is 5.91 Å². The number of benzene rings is 2. The monoisotopic (exact) mass is 488 g/mol. The maximum atomic E-state index is 13.4. The quantitative estimate of drug-likeness (QED) is 0.307. The van der Waals surface area contributed by atoms with E-state index in [4.69, 9.17) is 21.3 Å². The van der Waals surface area contributed by atoms with E-state index >= 15 is 0 Å². The average Bonchev–Trinajstić information content (AvgIpc) is 3.64. The normalized spacial score (nSPS) is 13.3. The molecule has 5 rings (SSSR count). The molecule has 0 atom stereocenters. The summed E-state index contributed by atoms with van der Waals surface area (Å²) in [5.74, 6) is 0.913. The van der Waals surface area contributed by atoms with Gasteiger partial charge in [-0.2, -0.15) is 5.10 Å². The van der Waals surface area contributed by atoms with E-state index in [1.54, 1.807) is 7.11 Å². The lowest BCUT2D eigenvalue weighted by Gasteiger charge is -2.24. The first-order valence-electron chi connectivity index (χ1n) is 12.0. The number of rotatable bonds is 8. The maximum absolute atomic E-state index is 13.4. The Morgan fingerprint density at radius 3 is 2.54 bits per heavy atom. The SMILES string of the molecule is COc1ccc2cc(CN(C(=O)CCn3nc(C)cc3C)C3CC3)c(-c3ccc(Cl)cc3)nc2c1. The minimum Gasteiger partial charge on any atom is -0.497 e. The molecule has 1 amide bonds. The summed E-state index contributed by atoms with van der Waals surface area (Å²) < 4.78 is 7.32. The van der Waals surface area contributed by atoms with Crippen molar-refractivity contribution in [1.82, 2.24) is 19.7 Å². The van der Waals surface area contributed by atoms with Crippen LogP contribution in [-0.4, -0.2) is 38.7 Å². The minimum absolute atomic E-state index is 0.150. The van der Waals surface area contributed by atoms with E-state index in [1.807, 2.05) is 72.0 Å². The van der Waals surface area contributed by atoms with Gasteiger partial charge in [-0.05, 0) is 68.7 Å². The number of methoxy groups -OCH3 is 1. The lowest BCUT2D eigenvalue weighted by Crippen LogP contribution is -2.33. The van der Waals surface area contributed by atoms with Gasteiger partial charge in [0.05, 0.1) is 24.0 Å². The molecule has 0 spiro atoms. The Morgan fingerprint density at radius 1 is 1.11 bits per heavy atom. The van der Waals surface area contributed by atoms with Crippen molar-refractivity contribution in [2.24, 2.45) is 0 Å². The molecule has 0 saturated heterocycles. The molecular formula is C28H29ClN4O2. The summed E-state index contributed by atoms with van der Waals surface area (Å²) in [6.45, 7) is 5.11. The predicted octanol–water partition coefficient (Wildman–Crippen LogP) is 5.96.